The maximum absolute atomic E-state index is 2.32. The highest BCUT2D eigenvalue weighted by Crippen LogP contribution is 2.34. The first-order chi connectivity index (χ1) is 8.83. The van der Waals surface area contributed by atoms with E-state index in [0.717, 1.165) is 5.92 Å². The van der Waals surface area contributed by atoms with Crippen molar-refractivity contribution in [3.8, 4) is 11.1 Å². The van der Waals surface area contributed by atoms with Gasteiger partial charge in [-0.2, -0.15) is 0 Å². The molecule has 1 fully saturated rings. The van der Waals surface area contributed by atoms with Crippen LogP contribution in [0.4, 0.5) is 0 Å². The molecule has 1 saturated carbocycles. The van der Waals surface area contributed by atoms with Gasteiger partial charge in [-0.05, 0) is 42.4 Å². The van der Waals surface area contributed by atoms with Crippen LogP contribution in [0.3, 0.4) is 0 Å². The summed E-state index contributed by atoms with van der Waals surface area (Å²) in [6, 6.07) is 18.0. The fourth-order valence-electron chi connectivity index (χ4n) is 2.95. The Hall–Kier alpha value is -1.56. The largest absolute Gasteiger partial charge is 0.0587 e. The van der Waals surface area contributed by atoms with E-state index < -0.39 is 0 Å². The van der Waals surface area contributed by atoms with Crippen molar-refractivity contribution in [1.82, 2.24) is 0 Å². The smallest absolute Gasteiger partial charge is 0.0162 e. The topological polar surface area (TPSA) is 0 Å². The third kappa shape index (κ3) is 2.33. The lowest BCUT2D eigenvalue weighted by atomic mass is 9.95. The highest BCUT2D eigenvalue weighted by molar-refractivity contribution is 5.64. The third-order valence-corrected chi connectivity index (χ3v) is 4.12. The summed E-state index contributed by atoms with van der Waals surface area (Å²) in [6.07, 6.45) is 5.57. The van der Waals surface area contributed by atoms with Crippen LogP contribution in [0.5, 0.6) is 0 Å². The van der Waals surface area contributed by atoms with E-state index in [1.165, 1.54) is 47.9 Å². The molecule has 0 nitrogen and oxygen atoms in total. The van der Waals surface area contributed by atoms with Crippen molar-refractivity contribution in [1.29, 1.82) is 0 Å². The van der Waals surface area contributed by atoms with Crippen LogP contribution in [0.2, 0.25) is 0 Å². The Bertz CT molecular complexity index is 499. The van der Waals surface area contributed by atoms with E-state index in [9.17, 15) is 0 Å². The number of rotatable bonds is 2. The third-order valence-electron chi connectivity index (χ3n) is 4.12. The highest BCUT2D eigenvalue weighted by atomic mass is 14.2. The van der Waals surface area contributed by atoms with Crippen molar-refractivity contribution in [2.24, 2.45) is 0 Å². The molecule has 2 aromatic carbocycles. The highest BCUT2D eigenvalue weighted by Gasteiger charge is 2.16. The molecule has 0 N–H and O–H groups in total. The summed E-state index contributed by atoms with van der Waals surface area (Å²) in [6.45, 7) is 2.13. The molecule has 3 rings (SSSR count). The first-order valence-electron chi connectivity index (χ1n) is 7.00. The standard InChI is InChI=1S/C18H20/c1-14-6-8-16(9-7-14)18-12-10-17(11-13-18)15-4-2-3-5-15/h6-13,15H,2-5H2,1H3. The number of aryl methyl sites for hydroxylation is 1. The molecule has 0 heteroatoms. The molecule has 0 aromatic heterocycles. The fourth-order valence-corrected chi connectivity index (χ4v) is 2.95. The summed E-state index contributed by atoms with van der Waals surface area (Å²) in [4.78, 5) is 0. The van der Waals surface area contributed by atoms with Crippen molar-refractivity contribution in [2.75, 3.05) is 0 Å². The Morgan fingerprint density at radius 2 is 1.22 bits per heavy atom. The van der Waals surface area contributed by atoms with Gasteiger partial charge in [0.05, 0.1) is 0 Å². The van der Waals surface area contributed by atoms with E-state index in [1.807, 2.05) is 0 Å². The lowest BCUT2D eigenvalue weighted by molar-refractivity contribution is 0.723. The van der Waals surface area contributed by atoms with Gasteiger partial charge in [0, 0.05) is 0 Å². The molecule has 0 atom stereocenters. The zero-order chi connectivity index (χ0) is 12.4. The second kappa shape index (κ2) is 4.97. The van der Waals surface area contributed by atoms with Crippen LogP contribution in [0.25, 0.3) is 11.1 Å². The second-order valence-corrected chi connectivity index (χ2v) is 5.47. The molecule has 92 valence electrons. The minimum atomic E-state index is 0.817. The average Bonchev–Trinajstić information content (AvgIpc) is 2.94. The van der Waals surface area contributed by atoms with Gasteiger partial charge in [0.15, 0.2) is 0 Å². The van der Waals surface area contributed by atoms with Crippen molar-refractivity contribution in [3.05, 3.63) is 59.7 Å². The van der Waals surface area contributed by atoms with Crippen LogP contribution in [0.1, 0.15) is 42.7 Å². The summed E-state index contributed by atoms with van der Waals surface area (Å²) < 4.78 is 0. The van der Waals surface area contributed by atoms with Crippen LogP contribution >= 0.6 is 0 Å². The molecule has 0 bridgehead atoms. The van der Waals surface area contributed by atoms with Crippen molar-refractivity contribution in [2.45, 2.75) is 38.5 Å². The summed E-state index contributed by atoms with van der Waals surface area (Å²) >= 11 is 0. The van der Waals surface area contributed by atoms with Crippen LogP contribution < -0.4 is 0 Å². The molecule has 0 amide bonds. The molecular formula is C18H20. The number of hydrogen-bond acceptors (Lipinski definition) is 0. The molecule has 0 saturated heterocycles. The molecule has 0 aliphatic heterocycles. The molecule has 0 unspecified atom stereocenters. The van der Waals surface area contributed by atoms with E-state index in [0.29, 0.717) is 0 Å². The Morgan fingerprint density at radius 3 is 1.78 bits per heavy atom. The van der Waals surface area contributed by atoms with E-state index in [4.69, 9.17) is 0 Å². The Labute approximate surface area is 110 Å². The van der Waals surface area contributed by atoms with E-state index in [-0.39, 0.29) is 0 Å². The lowest BCUT2D eigenvalue weighted by Gasteiger charge is -2.10. The monoisotopic (exact) mass is 236 g/mol. The molecule has 0 spiro atoms. The summed E-state index contributed by atoms with van der Waals surface area (Å²) in [5.41, 5.74) is 5.50. The minimum absolute atomic E-state index is 0.817. The minimum Gasteiger partial charge on any atom is -0.0587 e. The maximum Gasteiger partial charge on any atom is -0.0162 e. The van der Waals surface area contributed by atoms with Crippen molar-refractivity contribution >= 4 is 0 Å². The lowest BCUT2D eigenvalue weighted by Crippen LogP contribution is -1.91. The van der Waals surface area contributed by atoms with E-state index >= 15 is 0 Å². The second-order valence-electron chi connectivity index (χ2n) is 5.47. The SMILES string of the molecule is Cc1ccc(-c2ccc(C3CCCC3)cc2)cc1. The number of hydrogen-bond donors (Lipinski definition) is 0. The van der Waals surface area contributed by atoms with Gasteiger partial charge in [0.25, 0.3) is 0 Å². The summed E-state index contributed by atoms with van der Waals surface area (Å²) in [7, 11) is 0. The van der Waals surface area contributed by atoms with Gasteiger partial charge in [0.1, 0.15) is 0 Å². The molecular weight excluding hydrogens is 216 g/mol. The maximum atomic E-state index is 2.32. The van der Waals surface area contributed by atoms with Crippen molar-refractivity contribution < 1.29 is 0 Å². The first kappa shape index (κ1) is 11.5. The Balaban J connectivity index is 1.84. The molecule has 18 heavy (non-hydrogen) atoms. The van der Waals surface area contributed by atoms with E-state index in [2.05, 4.69) is 55.5 Å². The first-order valence-corrected chi connectivity index (χ1v) is 7.00. The van der Waals surface area contributed by atoms with Gasteiger partial charge in [-0.15, -0.1) is 0 Å². The molecule has 0 radical (unpaired) electrons. The van der Waals surface area contributed by atoms with Crippen molar-refractivity contribution in [3.63, 3.8) is 0 Å². The van der Waals surface area contributed by atoms with Crippen LogP contribution in [-0.2, 0) is 0 Å². The molecule has 0 heterocycles. The predicted octanol–water partition coefficient (Wildman–Crippen LogP) is 5.32. The molecule has 2 aromatic rings. The van der Waals surface area contributed by atoms with Gasteiger partial charge in [-0.1, -0.05) is 66.9 Å². The fraction of sp³-hybridized carbons (Fsp3) is 0.333. The zero-order valence-electron chi connectivity index (χ0n) is 11.0. The zero-order valence-corrected chi connectivity index (χ0v) is 11.0. The molecule has 1 aliphatic carbocycles. The van der Waals surface area contributed by atoms with Crippen LogP contribution in [0, 0.1) is 6.92 Å². The normalized spacial score (nSPS) is 16.1. The van der Waals surface area contributed by atoms with Gasteiger partial charge >= 0.3 is 0 Å². The number of benzene rings is 2. The van der Waals surface area contributed by atoms with Gasteiger partial charge < -0.3 is 0 Å². The average molecular weight is 236 g/mol. The Kier molecular flexibility index (Phi) is 3.19. The summed E-state index contributed by atoms with van der Waals surface area (Å²) in [5, 5.41) is 0. The van der Waals surface area contributed by atoms with Gasteiger partial charge in [-0.25, -0.2) is 0 Å². The quantitative estimate of drug-likeness (QED) is 0.662. The summed E-state index contributed by atoms with van der Waals surface area (Å²) in [5.74, 6) is 0.817. The predicted molar refractivity (Wildman–Crippen MR) is 77.8 cm³/mol. The van der Waals surface area contributed by atoms with E-state index in [1.54, 1.807) is 0 Å². The molecule has 1 aliphatic rings. The van der Waals surface area contributed by atoms with Crippen LogP contribution in [-0.4, -0.2) is 0 Å². The van der Waals surface area contributed by atoms with Gasteiger partial charge in [0.2, 0.25) is 0 Å². The Morgan fingerprint density at radius 1 is 0.722 bits per heavy atom. The van der Waals surface area contributed by atoms with Crippen LogP contribution in [0.15, 0.2) is 48.5 Å². The van der Waals surface area contributed by atoms with Gasteiger partial charge in [-0.3, -0.25) is 0 Å².